The van der Waals surface area contributed by atoms with Gasteiger partial charge in [-0.1, -0.05) is 342 Å². The first kappa shape index (κ1) is 107. The molecule has 18 aromatic carbocycles. The summed E-state index contributed by atoms with van der Waals surface area (Å²) < 4.78 is 34.8. The maximum atomic E-state index is 14.2. The normalized spacial score (nSPS) is 12.4. The molecule has 0 saturated heterocycles. The Bertz CT molecular complexity index is 6920. The van der Waals surface area contributed by atoms with E-state index < -0.39 is 100 Å². The van der Waals surface area contributed by atoms with Gasteiger partial charge in [-0.15, -0.1) is 16.8 Å². The van der Waals surface area contributed by atoms with E-state index in [2.05, 4.69) is 66.6 Å². The second kappa shape index (κ2) is 48.5. The van der Waals surface area contributed by atoms with Gasteiger partial charge in [0.15, 0.2) is 24.4 Å². The van der Waals surface area contributed by atoms with Crippen molar-refractivity contribution in [3.8, 4) is 0 Å². The van der Waals surface area contributed by atoms with Gasteiger partial charge in [-0.2, -0.15) is 24.3 Å². The van der Waals surface area contributed by atoms with E-state index in [-0.39, 0.29) is 46.2 Å². The molecule has 18 aromatic rings. The van der Waals surface area contributed by atoms with Crippen LogP contribution in [0.3, 0.4) is 0 Å². The molecular weight excluding hydrogens is 1890 g/mol. The molecule has 0 bridgehead atoms. The minimum atomic E-state index is -2.23. The number of hydrogen-bond acceptors (Lipinski definition) is 19. The molecule has 0 heterocycles. The van der Waals surface area contributed by atoms with Crippen LogP contribution in [0, 0.1) is 6.07 Å². The number of fused-ring (bicyclic) bond motifs is 9. The Morgan fingerprint density at radius 2 is 0.493 bits per heavy atom. The molecule has 6 unspecified atom stereocenters. The fourth-order valence-electron chi connectivity index (χ4n) is 17.2. The van der Waals surface area contributed by atoms with Crippen molar-refractivity contribution in [2.24, 2.45) is 0 Å². The van der Waals surface area contributed by atoms with Gasteiger partial charge in [0.25, 0.3) is 0 Å². The summed E-state index contributed by atoms with van der Waals surface area (Å²) in [6, 6.07) is 122. The number of benzene rings is 18. The summed E-state index contributed by atoms with van der Waals surface area (Å²) >= 11 is 4.71. The fourth-order valence-corrected chi connectivity index (χ4v) is 17.2. The van der Waals surface area contributed by atoms with E-state index in [1.165, 1.54) is 10.8 Å². The number of ether oxygens (including phenoxy) is 6. The zero-order chi connectivity index (χ0) is 98.5. The van der Waals surface area contributed by atoms with Gasteiger partial charge in [0.05, 0.1) is 14.2 Å². The summed E-state index contributed by atoms with van der Waals surface area (Å²) in [5.74, 6) is -5.97. The van der Waals surface area contributed by atoms with Crippen molar-refractivity contribution in [1.82, 2.24) is 0 Å². The number of hydrogen-bond donors (Lipinski definition) is 6. The van der Waals surface area contributed by atoms with Crippen LogP contribution in [0.4, 0.5) is 4.70 Å². The van der Waals surface area contributed by atoms with Gasteiger partial charge in [-0.3, -0.25) is 9.50 Å². The molecule has 142 heavy (non-hydrogen) atoms. The Morgan fingerprint density at radius 1 is 0.303 bits per heavy atom. The van der Waals surface area contributed by atoms with Crippen LogP contribution in [-0.4, -0.2) is 146 Å². The van der Waals surface area contributed by atoms with Crippen LogP contribution >= 0.6 is 11.6 Å². The number of rotatable bonds is 26. The monoisotopic (exact) mass is 1990 g/mol. The molecular formula is C119H99BrClFMgO19. The van der Waals surface area contributed by atoms with Gasteiger partial charge in [0.2, 0.25) is 16.4 Å². The zero-order valence-electron chi connectivity index (χ0n) is 77.1. The second-order valence-electron chi connectivity index (χ2n) is 32.5. The SMILES string of the molecule is C=CC(=O)Cl.C=CC(=O)OC(C(OC(=O)C=C)C(OC(=O)C=C)(c1ccc2ccccc2c1)c1ccc2ccccc2c1)C(OC(=O)C=C)(c1ccc2ccccc2c1)c1ccc2ccccc2c1.COC(=O)C(O)C(O)C(=O)OC.F.OC(C(O)C(O)(c1ccc2ccccc2c1)c1ccc2ccccc2c1)C(O)(c1ccc2ccccc2c1)c1ccc2ccccc2c1.[3HH].[Br-].[Mg+2].[c-]1ccc2ccccc2c1. The summed E-state index contributed by atoms with van der Waals surface area (Å²) in [7, 11) is 2.05. The minimum Gasteiger partial charge on any atom is -1.00 e. The van der Waals surface area contributed by atoms with Crippen LogP contribution in [0.5, 0.6) is 0 Å². The first-order chi connectivity index (χ1) is 67.3. The van der Waals surface area contributed by atoms with Crippen molar-refractivity contribution in [1.29, 1.82) is 0 Å². The van der Waals surface area contributed by atoms with Gasteiger partial charge >= 0.3 is 58.9 Å². The zero-order valence-corrected chi connectivity index (χ0v) is 80.9. The summed E-state index contributed by atoms with van der Waals surface area (Å²) in [6.45, 7) is 18.0. The van der Waals surface area contributed by atoms with Gasteiger partial charge in [-0.05, 0) is 175 Å². The number of esters is 6. The third-order valence-electron chi connectivity index (χ3n) is 24.3. The third kappa shape index (κ3) is 23.2. The van der Waals surface area contributed by atoms with Crippen molar-refractivity contribution >= 4 is 173 Å². The van der Waals surface area contributed by atoms with Gasteiger partial charge in [0, 0.05) is 48.0 Å². The quantitative estimate of drug-likeness (QED) is 0.00733. The van der Waals surface area contributed by atoms with Crippen LogP contribution < -0.4 is 17.0 Å². The van der Waals surface area contributed by atoms with Crippen LogP contribution in [0.15, 0.2) is 445 Å². The number of aliphatic hydroxyl groups is 6. The van der Waals surface area contributed by atoms with Crippen LogP contribution in [0.1, 0.15) is 45.9 Å². The molecule has 6 atom stereocenters. The van der Waals surface area contributed by atoms with Crippen LogP contribution in [0.25, 0.3) is 97.0 Å². The molecule has 712 valence electrons. The minimum absolute atomic E-state index is 0. The van der Waals surface area contributed by atoms with E-state index in [0.29, 0.717) is 44.5 Å². The Balaban J connectivity index is 0.000000231. The molecule has 0 fully saturated rings. The maximum Gasteiger partial charge on any atom is 2.00 e. The van der Waals surface area contributed by atoms with E-state index in [1.54, 1.807) is 48.5 Å². The van der Waals surface area contributed by atoms with Crippen molar-refractivity contribution in [3.63, 3.8) is 0 Å². The largest absolute Gasteiger partial charge is 2.00 e. The molecule has 6 N–H and O–H groups in total. The Morgan fingerprint density at radius 3 is 0.690 bits per heavy atom. The molecule has 19 nitrogen and oxygen atoms in total. The fraction of sp³-hybridized carbons (Fsp3) is 0.101. The summed E-state index contributed by atoms with van der Waals surface area (Å²) in [6.07, 6.45) is -6.48. The van der Waals surface area contributed by atoms with Crippen molar-refractivity contribution in [2.75, 3.05) is 14.2 Å². The molecule has 0 radical (unpaired) electrons. The van der Waals surface area contributed by atoms with E-state index in [0.717, 1.165) is 131 Å². The number of aliphatic hydroxyl groups excluding tert-OH is 4. The Labute approximate surface area is 851 Å². The smallest absolute Gasteiger partial charge is 1.00 e. The van der Waals surface area contributed by atoms with Gasteiger partial charge in [0.1, 0.15) is 23.4 Å². The average Bonchev–Trinajstić information content (AvgIpc) is 0.714. The van der Waals surface area contributed by atoms with Crippen molar-refractivity contribution in [3.05, 3.63) is 496 Å². The second-order valence-corrected chi connectivity index (χ2v) is 32.9. The molecule has 18 rings (SSSR count). The topological polar surface area (TPSA) is 296 Å². The maximum absolute atomic E-state index is 14.2. The summed E-state index contributed by atoms with van der Waals surface area (Å²) in [4.78, 5) is 87.4. The van der Waals surface area contributed by atoms with Crippen molar-refractivity contribution < 1.29 is 116 Å². The number of halogens is 3. The van der Waals surface area contributed by atoms with E-state index in [4.69, 9.17) is 40.8 Å². The molecule has 0 saturated carbocycles. The van der Waals surface area contributed by atoms with E-state index in [1.807, 2.05) is 315 Å². The number of methoxy groups -OCH3 is 2. The summed E-state index contributed by atoms with van der Waals surface area (Å²) in [5, 5.41) is 84.5. The van der Waals surface area contributed by atoms with Gasteiger partial charge in [-0.25, -0.2) is 28.8 Å². The summed E-state index contributed by atoms with van der Waals surface area (Å²) in [5.41, 5.74) is -5.94. The average molecular weight is 1990 g/mol. The predicted molar refractivity (Wildman–Crippen MR) is 554 cm³/mol. The molecule has 0 amide bonds. The first-order valence-electron chi connectivity index (χ1n) is 44.1. The van der Waals surface area contributed by atoms with Gasteiger partial charge < -0.3 is 76.0 Å². The Hall–Kier alpha value is -15.3. The molecule has 0 aromatic heterocycles. The first-order valence-corrected chi connectivity index (χ1v) is 44.5. The van der Waals surface area contributed by atoms with Crippen LogP contribution in [-0.2, 0) is 84.4 Å². The molecule has 0 aliphatic carbocycles. The number of carbonyl (C=O) groups is 7. The van der Waals surface area contributed by atoms with E-state index in [9.17, 15) is 54.0 Å². The molecule has 23 heteroatoms. The molecule has 0 aliphatic heterocycles. The number of allylic oxidation sites excluding steroid dienone is 1. The predicted octanol–water partition coefficient (Wildman–Crippen LogP) is 18.0. The third-order valence-corrected chi connectivity index (χ3v) is 24.5. The number of carbonyl (C=O) groups excluding carboxylic acids is 7. The molecule has 0 aliphatic rings. The standard InChI is InChI=1S/C56H42O8.C44H34O4.C10H7.C6H10O6.C3H3ClO.BrH.FH.Mg.H2/c1-5-49(57)61-53(55(63-51(59)7-3,45-29-25-37-17-9-13-21-41(37)33-45)46-30-26-38-18-10-14-22-42(38)34-46)54(62-50(58)6-2)56(64-52(60)8-4,47-31-27-39-19-11-15-23-43(39)35-47)48-32-28-40-20-12-16-24-44(40)36-48;45-41(43(47,37-21-17-29-9-1-5-13-33(29)25-37)38-22-18-30-10-2-6-14-34(30)26-38)42(46)44(48,39-23-19-31-11-3-7-15-35(31)27-39)40-24-20-32-12-4-8-16-36(32)28-40;1-2-6-10-8-4-3-7-9(10)5-1;1-11-5(9)3(7)4(8)6(10)12-2;1-2-3(4)5;;;;/h5-36,53-54H,1-4H2;1-28,41-42,45-48H;1-3,5-8H;3-4,7-8H,1-2H3;2H,1H2;2*1H;;1H/q;;-1;;;;;+2;/p-1/i;;;;;;;;1+2. The molecule has 0 spiro atoms. The van der Waals surface area contributed by atoms with E-state index >= 15 is 0 Å². The van der Waals surface area contributed by atoms with Crippen molar-refractivity contribution in [2.45, 2.75) is 59.0 Å². The van der Waals surface area contributed by atoms with Crippen LogP contribution in [0.2, 0.25) is 0 Å². The Kier molecular flexibility index (Phi) is 36.6.